The molecule has 2 rings (SSSR count). The molecule has 1 saturated heterocycles. The topological polar surface area (TPSA) is 70.7 Å². The number of likely N-dealkylation sites (tertiary alicyclic amines) is 1. The molecule has 0 bridgehead atoms. The van der Waals surface area contributed by atoms with Crippen LogP contribution in [0, 0.1) is 0 Å². The third kappa shape index (κ3) is 4.46. The fraction of sp³-hybridized carbons (Fsp3) is 0.467. The summed E-state index contributed by atoms with van der Waals surface area (Å²) < 4.78 is 5.06. The standard InChI is InChI=1S/C15H21N3O3/c1-18-10-12(5-8-15(18)20)16-9-14(19)17-11-3-6-13(21-2)7-4-11/h3-4,6-7,12,16H,5,8-10H2,1-2H3,(H,17,19). The second kappa shape index (κ2) is 7.08. The van der Waals surface area contributed by atoms with E-state index in [1.54, 1.807) is 43.3 Å². The lowest BCUT2D eigenvalue weighted by molar-refractivity contribution is -0.132. The molecule has 0 spiro atoms. The van der Waals surface area contributed by atoms with Crippen molar-refractivity contribution in [3.8, 4) is 5.75 Å². The van der Waals surface area contributed by atoms with Crippen LogP contribution >= 0.6 is 0 Å². The van der Waals surface area contributed by atoms with Crippen molar-refractivity contribution in [3.63, 3.8) is 0 Å². The average molecular weight is 291 g/mol. The SMILES string of the molecule is COc1ccc(NC(=O)CNC2CCC(=O)N(C)C2)cc1. The number of nitrogens with one attached hydrogen (secondary N) is 2. The summed E-state index contributed by atoms with van der Waals surface area (Å²) in [6.45, 7) is 0.882. The molecule has 1 atom stereocenters. The van der Waals surface area contributed by atoms with Gasteiger partial charge < -0.3 is 20.3 Å². The first-order valence-electron chi connectivity index (χ1n) is 6.99. The minimum atomic E-state index is -0.0975. The molecule has 114 valence electrons. The van der Waals surface area contributed by atoms with Crippen LogP contribution in [0.4, 0.5) is 5.69 Å². The molecule has 0 aliphatic carbocycles. The number of hydrogen-bond donors (Lipinski definition) is 2. The van der Waals surface area contributed by atoms with E-state index in [1.165, 1.54) is 0 Å². The van der Waals surface area contributed by atoms with Gasteiger partial charge in [-0.2, -0.15) is 0 Å². The third-order valence-corrected chi connectivity index (χ3v) is 3.55. The Morgan fingerprint density at radius 2 is 2.10 bits per heavy atom. The number of carbonyl (C=O) groups is 2. The number of ether oxygens (including phenoxy) is 1. The van der Waals surface area contributed by atoms with Crippen molar-refractivity contribution < 1.29 is 14.3 Å². The van der Waals surface area contributed by atoms with Crippen molar-refractivity contribution in [1.29, 1.82) is 0 Å². The molecule has 6 heteroatoms. The predicted octanol–water partition coefficient (Wildman–Crippen LogP) is 0.844. The number of hydrogen-bond acceptors (Lipinski definition) is 4. The zero-order valence-electron chi connectivity index (χ0n) is 12.4. The molecule has 1 fully saturated rings. The van der Waals surface area contributed by atoms with Crippen molar-refractivity contribution in [2.75, 3.05) is 32.6 Å². The first-order valence-corrected chi connectivity index (χ1v) is 6.99. The highest BCUT2D eigenvalue weighted by atomic mass is 16.5. The van der Waals surface area contributed by atoms with Gasteiger partial charge >= 0.3 is 0 Å². The molecule has 1 unspecified atom stereocenters. The number of amides is 2. The molecule has 2 amide bonds. The molecule has 6 nitrogen and oxygen atoms in total. The van der Waals surface area contributed by atoms with Crippen molar-refractivity contribution in [2.24, 2.45) is 0 Å². The Hall–Kier alpha value is -2.08. The first kappa shape index (κ1) is 15.3. The van der Waals surface area contributed by atoms with Crippen LogP contribution in [-0.2, 0) is 9.59 Å². The molecular formula is C15H21N3O3. The maximum Gasteiger partial charge on any atom is 0.238 e. The molecule has 1 aromatic rings. The monoisotopic (exact) mass is 291 g/mol. The number of carbonyl (C=O) groups excluding carboxylic acids is 2. The van der Waals surface area contributed by atoms with Crippen LogP contribution in [0.3, 0.4) is 0 Å². The van der Waals surface area contributed by atoms with Gasteiger partial charge in [0.15, 0.2) is 0 Å². The van der Waals surface area contributed by atoms with E-state index in [4.69, 9.17) is 4.74 Å². The normalized spacial score (nSPS) is 18.5. The van der Waals surface area contributed by atoms with E-state index >= 15 is 0 Å². The molecule has 1 aliphatic heterocycles. The fourth-order valence-electron chi connectivity index (χ4n) is 2.30. The Morgan fingerprint density at radius 3 is 2.71 bits per heavy atom. The highest BCUT2D eigenvalue weighted by Gasteiger charge is 2.22. The van der Waals surface area contributed by atoms with Crippen molar-refractivity contribution in [2.45, 2.75) is 18.9 Å². The Labute approximate surface area is 124 Å². The molecule has 0 saturated carbocycles. The average Bonchev–Trinajstić information content (AvgIpc) is 2.49. The maximum atomic E-state index is 11.9. The van der Waals surface area contributed by atoms with Gasteiger partial charge in [0, 0.05) is 31.7 Å². The summed E-state index contributed by atoms with van der Waals surface area (Å²) in [5, 5.41) is 6.00. The van der Waals surface area contributed by atoms with Crippen LogP contribution < -0.4 is 15.4 Å². The summed E-state index contributed by atoms with van der Waals surface area (Å²) in [5.41, 5.74) is 0.735. The third-order valence-electron chi connectivity index (χ3n) is 3.55. The van der Waals surface area contributed by atoms with Crippen molar-refractivity contribution in [3.05, 3.63) is 24.3 Å². The van der Waals surface area contributed by atoms with Crippen molar-refractivity contribution >= 4 is 17.5 Å². The Morgan fingerprint density at radius 1 is 1.38 bits per heavy atom. The molecule has 21 heavy (non-hydrogen) atoms. The lowest BCUT2D eigenvalue weighted by Crippen LogP contribution is -2.48. The Bertz CT molecular complexity index is 501. The van der Waals surface area contributed by atoms with Gasteiger partial charge in [0.1, 0.15) is 5.75 Å². The van der Waals surface area contributed by atoms with Crippen molar-refractivity contribution in [1.82, 2.24) is 10.2 Å². The lowest BCUT2D eigenvalue weighted by Gasteiger charge is -2.30. The Balaban J connectivity index is 1.75. The van der Waals surface area contributed by atoms with Gasteiger partial charge in [0.25, 0.3) is 0 Å². The zero-order chi connectivity index (χ0) is 15.2. The summed E-state index contributed by atoms with van der Waals surface area (Å²) >= 11 is 0. The van der Waals surface area contributed by atoms with Crippen LogP contribution in [0.25, 0.3) is 0 Å². The first-order chi connectivity index (χ1) is 10.1. The molecule has 1 aliphatic rings. The van der Waals surface area contributed by atoms with Gasteiger partial charge in [-0.05, 0) is 30.7 Å². The lowest BCUT2D eigenvalue weighted by atomic mass is 10.1. The van der Waals surface area contributed by atoms with Crippen LogP contribution in [0.5, 0.6) is 5.75 Å². The fourth-order valence-corrected chi connectivity index (χ4v) is 2.30. The van der Waals surface area contributed by atoms with Gasteiger partial charge in [-0.15, -0.1) is 0 Å². The number of rotatable bonds is 5. The Kier molecular flexibility index (Phi) is 5.16. The van der Waals surface area contributed by atoms with Gasteiger partial charge in [-0.1, -0.05) is 0 Å². The van der Waals surface area contributed by atoms with E-state index in [1.807, 2.05) is 0 Å². The number of methoxy groups -OCH3 is 1. The smallest absolute Gasteiger partial charge is 0.238 e. The number of likely N-dealkylation sites (N-methyl/N-ethyl adjacent to an activating group) is 1. The van der Waals surface area contributed by atoms with E-state index in [-0.39, 0.29) is 24.4 Å². The van der Waals surface area contributed by atoms with E-state index in [0.29, 0.717) is 13.0 Å². The quantitative estimate of drug-likeness (QED) is 0.843. The second-order valence-electron chi connectivity index (χ2n) is 5.17. The van der Waals surface area contributed by atoms with E-state index < -0.39 is 0 Å². The minimum Gasteiger partial charge on any atom is -0.497 e. The minimum absolute atomic E-state index is 0.0975. The highest BCUT2D eigenvalue weighted by Crippen LogP contribution is 2.15. The van der Waals surface area contributed by atoms with Crippen LogP contribution in [0.15, 0.2) is 24.3 Å². The van der Waals surface area contributed by atoms with E-state index in [9.17, 15) is 9.59 Å². The molecule has 1 heterocycles. The number of anilines is 1. The summed E-state index contributed by atoms with van der Waals surface area (Å²) in [7, 11) is 3.39. The molecule has 0 radical (unpaired) electrons. The zero-order valence-corrected chi connectivity index (χ0v) is 12.4. The van der Waals surface area contributed by atoms with Crippen LogP contribution in [0.2, 0.25) is 0 Å². The summed E-state index contributed by atoms with van der Waals surface area (Å²) in [4.78, 5) is 24.9. The summed E-state index contributed by atoms with van der Waals surface area (Å²) in [6, 6.07) is 7.36. The van der Waals surface area contributed by atoms with Crippen LogP contribution in [0.1, 0.15) is 12.8 Å². The number of piperidine rings is 1. The van der Waals surface area contributed by atoms with Gasteiger partial charge in [-0.25, -0.2) is 0 Å². The van der Waals surface area contributed by atoms with Gasteiger partial charge in [-0.3, -0.25) is 9.59 Å². The van der Waals surface area contributed by atoms with E-state index in [0.717, 1.165) is 17.9 Å². The maximum absolute atomic E-state index is 11.9. The summed E-state index contributed by atoms with van der Waals surface area (Å²) in [6.07, 6.45) is 1.31. The second-order valence-corrected chi connectivity index (χ2v) is 5.17. The molecule has 1 aromatic carbocycles. The number of nitrogens with zero attached hydrogens (tertiary/aromatic N) is 1. The molecular weight excluding hydrogens is 270 g/mol. The van der Waals surface area contributed by atoms with E-state index in [2.05, 4.69) is 10.6 Å². The largest absolute Gasteiger partial charge is 0.497 e. The predicted molar refractivity (Wildman–Crippen MR) is 80.3 cm³/mol. The van der Waals surface area contributed by atoms with Gasteiger partial charge in [0.05, 0.1) is 13.7 Å². The highest BCUT2D eigenvalue weighted by molar-refractivity contribution is 5.92. The summed E-state index contributed by atoms with van der Waals surface area (Å²) in [5.74, 6) is 0.816. The molecule has 0 aromatic heterocycles. The van der Waals surface area contributed by atoms with Gasteiger partial charge in [0.2, 0.25) is 11.8 Å². The number of benzene rings is 1. The molecule has 2 N–H and O–H groups in total. The van der Waals surface area contributed by atoms with Crippen LogP contribution in [-0.4, -0.2) is 50.0 Å².